The summed E-state index contributed by atoms with van der Waals surface area (Å²) in [6, 6.07) is 3.00. The SMILES string of the molecule is CC(C)[C@@]1(O)[C@@H](OC(=O)c2ccc[nH]2)[C@]2(O)[C@@]3(C)C[C@@]4(O)O[C@@]5([C@@H](O)C(CO)=CC[C@]35O)[C@@]2(O)[C@]41C. The molecule has 36 heavy (non-hydrogen) atoms. The number of hydrogen-bond donors (Lipinski definition) is 8. The lowest BCUT2D eigenvalue weighted by Crippen LogP contribution is -2.74. The maximum absolute atomic E-state index is 13.2. The van der Waals surface area contributed by atoms with E-state index in [0.29, 0.717) is 0 Å². The van der Waals surface area contributed by atoms with E-state index in [2.05, 4.69) is 4.98 Å². The average molecular weight is 508 g/mol. The third-order valence-corrected chi connectivity index (χ3v) is 11.0. The number of ether oxygens (including phenoxy) is 2. The summed E-state index contributed by atoms with van der Waals surface area (Å²) in [6.07, 6.45) is -1.48. The van der Waals surface area contributed by atoms with Crippen LogP contribution < -0.4 is 0 Å². The highest BCUT2D eigenvalue weighted by molar-refractivity contribution is 5.87. The first-order valence-corrected chi connectivity index (χ1v) is 12.2. The molecular weight excluding hydrogens is 474 g/mol. The summed E-state index contributed by atoms with van der Waals surface area (Å²) in [6.45, 7) is 5.29. The number of nitrogens with one attached hydrogen (secondary N) is 1. The standard InChI is InChI=1S/C25H33NO10/c1-12(2)22(32)17(35-16(29)14-6-5-9-26-14)23(33)18(3)11-21(31)19(22,4)25(23,34)24(36-21)15(28)13(10-27)7-8-20(18,24)30/h5-7,9,12,15,17,26-28,30-34H,8,10-11H2,1-4H3/t15-,17+,18-,19+,20-,21+,22+,23-,24+,25+/m0/s1. The zero-order chi connectivity index (χ0) is 26.5. The van der Waals surface area contributed by atoms with Crippen LogP contribution in [-0.4, -0.2) is 99.3 Å². The fourth-order valence-corrected chi connectivity index (χ4v) is 9.25. The topological polar surface area (TPSA) is 193 Å². The predicted octanol–water partition coefficient (Wildman–Crippen LogP) is -1.30. The fourth-order valence-electron chi connectivity index (χ4n) is 9.25. The first kappa shape index (κ1) is 24.5. The molecule has 0 amide bonds. The molecule has 1 spiro atoms. The van der Waals surface area contributed by atoms with Gasteiger partial charge in [-0.05, 0) is 37.0 Å². The van der Waals surface area contributed by atoms with Crippen molar-refractivity contribution in [3.63, 3.8) is 0 Å². The van der Waals surface area contributed by atoms with Gasteiger partial charge in [0.05, 0.1) is 12.0 Å². The van der Waals surface area contributed by atoms with E-state index < -0.39 is 81.7 Å². The lowest BCUT2D eigenvalue weighted by molar-refractivity contribution is -0.380. The number of carbonyl (C=O) groups excluding carboxylic acids is 1. The summed E-state index contributed by atoms with van der Waals surface area (Å²) in [5.74, 6) is -4.11. The van der Waals surface area contributed by atoms with Gasteiger partial charge in [-0.3, -0.25) is 0 Å². The number of esters is 1. The summed E-state index contributed by atoms with van der Waals surface area (Å²) in [5.41, 5.74) is -16.2. The van der Waals surface area contributed by atoms with E-state index in [9.17, 15) is 40.5 Å². The Bertz CT molecular complexity index is 1200. The molecule has 6 aliphatic rings. The van der Waals surface area contributed by atoms with Crippen molar-refractivity contribution in [3.05, 3.63) is 35.7 Å². The number of rotatable bonds is 4. The van der Waals surface area contributed by atoms with E-state index in [1.165, 1.54) is 32.2 Å². The van der Waals surface area contributed by atoms with Crippen LogP contribution in [0.4, 0.5) is 0 Å². The van der Waals surface area contributed by atoms with Crippen molar-refractivity contribution in [1.82, 2.24) is 4.98 Å². The highest BCUT2D eigenvalue weighted by atomic mass is 16.7. The highest BCUT2D eigenvalue weighted by Gasteiger charge is 3.10. The fraction of sp³-hybridized carbons (Fsp3) is 0.720. The Morgan fingerprint density at radius 3 is 2.44 bits per heavy atom. The van der Waals surface area contributed by atoms with Crippen molar-refractivity contribution in [1.29, 1.82) is 0 Å². The first-order chi connectivity index (χ1) is 16.6. The molecule has 10 atom stereocenters. The van der Waals surface area contributed by atoms with Crippen molar-refractivity contribution in [2.24, 2.45) is 16.7 Å². The number of aliphatic hydroxyl groups is 7. The molecule has 8 N–H and O–H groups in total. The van der Waals surface area contributed by atoms with E-state index in [-0.39, 0.29) is 17.7 Å². The van der Waals surface area contributed by atoms with Gasteiger partial charge in [0, 0.05) is 18.0 Å². The largest absolute Gasteiger partial charge is 0.451 e. The molecule has 6 bridgehead atoms. The van der Waals surface area contributed by atoms with Gasteiger partial charge in [-0.15, -0.1) is 0 Å². The predicted molar refractivity (Wildman–Crippen MR) is 120 cm³/mol. The Labute approximate surface area is 207 Å². The maximum atomic E-state index is 13.2. The van der Waals surface area contributed by atoms with Crippen LogP contribution >= 0.6 is 0 Å². The number of aromatic amines is 1. The van der Waals surface area contributed by atoms with Gasteiger partial charge in [0.1, 0.15) is 34.2 Å². The van der Waals surface area contributed by atoms with E-state index in [1.54, 1.807) is 19.9 Å². The average Bonchev–Trinajstić information content (AvgIpc) is 3.43. The van der Waals surface area contributed by atoms with Gasteiger partial charge in [0.2, 0.25) is 0 Å². The van der Waals surface area contributed by atoms with Gasteiger partial charge >= 0.3 is 5.97 Å². The molecule has 2 saturated heterocycles. The maximum Gasteiger partial charge on any atom is 0.355 e. The molecule has 4 aliphatic carbocycles. The number of aliphatic hydroxyl groups excluding tert-OH is 2. The van der Waals surface area contributed by atoms with Crippen molar-refractivity contribution in [3.8, 4) is 0 Å². The zero-order valence-corrected chi connectivity index (χ0v) is 20.5. The monoisotopic (exact) mass is 507 g/mol. The molecule has 0 unspecified atom stereocenters. The Hall–Kier alpha value is -1.83. The van der Waals surface area contributed by atoms with Gasteiger partial charge in [0.15, 0.2) is 17.5 Å². The Morgan fingerprint density at radius 1 is 1.22 bits per heavy atom. The smallest absolute Gasteiger partial charge is 0.355 e. The molecule has 3 saturated carbocycles. The van der Waals surface area contributed by atoms with E-state index >= 15 is 0 Å². The summed E-state index contributed by atoms with van der Waals surface area (Å²) >= 11 is 0. The highest BCUT2D eigenvalue weighted by Crippen LogP contribution is 2.90. The normalized spacial score (nSPS) is 56.3. The summed E-state index contributed by atoms with van der Waals surface area (Å²) in [4.78, 5) is 15.9. The minimum absolute atomic E-state index is 0.0214. The van der Waals surface area contributed by atoms with Gasteiger partial charge in [0.25, 0.3) is 0 Å². The molecule has 2 aliphatic heterocycles. The van der Waals surface area contributed by atoms with Crippen molar-refractivity contribution in [2.75, 3.05) is 6.61 Å². The van der Waals surface area contributed by atoms with Crippen LogP contribution in [0.1, 0.15) is 51.0 Å². The molecule has 1 aromatic heterocycles. The number of carbonyl (C=O) groups is 1. The van der Waals surface area contributed by atoms with Gasteiger partial charge in [-0.25, -0.2) is 4.79 Å². The molecular formula is C25H33NO10. The molecule has 11 nitrogen and oxygen atoms in total. The van der Waals surface area contributed by atoms with Crippen LogP contribution in [0.5, 0.6) is 0 Å². The quantitative estimate of drug-likeness (QED) is 0.179. The van der Waals surface area contributed by atoms with Gasteiger partial charge in [-0.2, -0.15) is 0 Å². The zero-order valence-electron chi connectivity index (χ0n) is 20.5. The van der Waals surface area contributed by atoms with Crippen LogP contribution in [-0.2, 0) is 9.47 Å². The molecule has 7 rings (SSSR count). The molecule has 198 valence electrons. The lowest BCUT2D eigenvalue weighted by atomic mass is 9.52. The van der Waals surface area contributed by atoms with E-state index in [1.807, 2.05) is 0 Å². The summed E-state index contributed by atoms with van der Waals surface area (Å²) < 4.78 is 11.9. The number of aromatic nitrogens is 1. The Balaban J connectivity index is 1.69. The molecule has 3 heterocycles. The van der Waals surface area contributed by atoms with Crippen LogP contribution in [0.2, 0.25) is 0 Å². The third kappa shape index (κ3) is 1.76. The number of hydrogen-bond acceptors (Lipinski definition) is 10. The van der Waals surface area contributed by atoms with Crippen LogP contribution in [0.3, 0.4) is 0 Å². The lowest BCUT2D eigenvalue weighted by Gasteiger charge is -2.59. The van der Waals surface area contributed by atoms with Gasteiger partial charge in [-0.1, -0.05) is 26.8 Å². The van der Waals surface area contributed by atoms with Crippen LogP contribution in [0, 0.1) is 16.7 Å². The Kier molecular flexibility index (Phi) is 4.25. The minimum Gasteiger partial charge on any atom is -0.451 e. The van der Waals surface area contributed by atoms with Crippen molar-refractivity contribution in [2.45, 2.75) is 86.5 Å². The Morgan fingerprint density at radius 2 is 1.89 bits per heavy atom. The molecule has 11 heteroatoms. The van der Waals surface area contributed by atoms with E-state index in [4.69, 9.17) is 9.47 Å². The van der Waals surface area contributed by atoms with Gasteiger partial charge < -0.3 is 50.2 Å². The van der Waals surface area contributed by atoms with Crippen LogP contribution in [0.15, 0.2) is 30.0 Å². The molecule has 5 fully saturated rings. The summed E-state index contributed by atoms with van der Waals surface area (Å²) in [5, 5.41) is 83.7. The second kappa shape index (κ2) is 6.24. The molecule has 0 aromatic carbocycles. The second-order valence-electron chi connectivity index (χ2n) is 12.0. The third-order valence-electron chi connectivity index (χ3n) is 11.0. The molecule has 0 radical (unpaired) electrons. The first-order valence-electron chi connectivity index (χ1n) is 12.2. The summed E-state index contributed by atoms with van der Waals surface area (Å²) in [7, 11) is 0. The van der Waals surface area contributed by atoms with Crippen molar-refractivity contribution < 1.29 is 50.0 Å². The number of H-pyrrole nitrogens is 1. The van der Waals surface area contributed by atoms with Crippen molar-refractivity contribution >= 4 is 5.97 Å². The second-order valence-corrected chi connectivity index (χ2v) is 12.0. The minimum atomic E-state index is -2.74. The van der Waals surface area contributed by atoms with E-state index in [0.717, 1.165) is 0 Å². The van der Waals surface area contributed by atoms with Crippen LogP contribution in [0.25, 0.3) is 0 Å². The molecule has 1 aromatic rings.